The van der Waals surface area contributed by atoms with Gasteiger partial charge in [-0.2, -0.15) is 0 Å². The van der Waals surface area contributed by atoms with Gasteiger partial charge in [0.1, 0.15) is 0 Å². The van der Waals surface area contributed by atoms with Crippen molar-refractivity contribution in [2.24, 2.45) is 0 Å². The maximum absolute atomic E-state index is 12.2. The Kier molecular flexibility index (Phi) is 4.33. The number of alkyl halides is 1. The quantitative estimate of drug-likeness (QED) is 0.665. The highest BCUT2D eigenvalue weighted by molar-refractivity contribution is 7.14. The van der Waals surface area contributed by atoms with Crippen LogP contribution < -0.4 is 5.32 Å². The van der Waals surface area contributed by atoms with Gasteiger partial charge in [-0.15, -0.1) is 22.9 Å². The van der Waals surface area contributed by atoms with Gasteiger partial charge in [-0.1, -0.05) is 6.42 Å². The Balaban J connectivity index is 2.12. The van der Waals surface area contributed by atoms with Crippen molar-refractivity contribution < 1.29 is 4.79 Å². The average Bonchev–Trinajstić information content (AvgIpc) is 2.61. The number of halogens is 1. The molecule has 1 aromatic heterocycles. The van der Waals surface area contributed by atoms with Crippen LogP contribution in [0.5, 0.6) is 0 Å². The molecule has 1 heterocycles. The molecule has 0 unspecified atom stereocenters. The van der Waals surface area contributed by atoms with Gasteiger partial charge in [0.15, 0.2) is 0 Å². The molecule has 1 amide bonds. The Morgan fingerprint density at radius 1 is 1.39 bits per heavy atom. The molecule has 1 aliphatic rings. The minimum Gasteiger partial charge on any atom is -0.345 e. The summed E-state index contributed by atoms with van der Waals surface area (Å²) in [5.74, 6) is 0.433. The molecule has 0 bridgehead atoms. The summed E-state index contributed by atoms with van der Waals surface area (Å²) in [6, 6.07) is 2.07. The molecule has 1 aliphatic carbocycles. The third-order valence-electron chi connectivity index (χ3n) is 3.26. The second kappa shape index (κ2) is 5.62. The van der Waals surface area contributed by atoms with Crippen LogP contribution in [0, 0.1) is 0 Å². The maximum atomic E-state index is 12.2. The van der Waals surface area contributed by atoms with E-state index in [-0.39, 0.29) is 11.4 Å². The number of nitrogens with one attached hydrogen (secondary N) is 1. The fourth-order valence-electron chi connectivity index (χ4n) is 2.18. The van der Waals surface area contributed by atoms with E-state index in [0.29, 0.717) is 5.88 Å². The number of hydrogen-bond donors (Lipinski definition) is 1. The summed E-state index contributed by atoms with van der Waals surface area (Å²) in [5.41, 5.74) is 1.03. The highest BCUT2D eigenvalue weighted by atomic mass is 35.5. The lowest BCUT2D eigenvalue weighted by atomic mass is 10.1. The normalized spacial score (nSPS) is 15.9. The molecule has 18 heavy (non-hydrogen) atoms. The van der Waals surface area contributed by atoms with Crippen LogP contribution in [0.25, 0.3) is 0 Å². The van der Waals surface area contributed by atoms with E-state index in [4.69, 9.17) is 11.6 Å². The number of aryl methyl sites for hydroxylation is 2. The molecule has 2 rings (SSSR count). The maximum Gasteiger partial charge on any atom is 0.261 e. The number of carbonyl (C=O) groups is 1. The second-order valence-corrected chi connectivity index (χ2v) is 7.00. The first-order valence-electron chi connectivity index (χ1n) is 6.52. The standard InChI is InChI=1S/C14H20ClNOS/c1-14(2,9-15)16-13(17)12-8-10-6-4-3-5-7-11(10)18-12/h8H,3-7,9H2,1-2H3,(H,16,17). The van der Waals surface area contributed by atoms with Crippen LogP contribution in [0.2, 0.25) is 0 Å². The minimum absolute atomic E-state index is 0.0127. The van der Waals surface area contributed by atoms with Crippen LogP contribution in [0.4, 0.5) is 0 Å². The number of rotatable bonds is 3. The van der Waals surface area contributed by atoms with Gasteiger partial charge in [0.05, 0.1) is 4.88 Å². The summed E-state index contributed by atoms with van der Waals surface area (Å²) in [6.45, 7) is 3.88. The van der Waals surface area contributed by atoms with E-state index in [1.165, 1.54) is 29.7 Å². The number of thiophene rings is 1. The summed E-state index contributed by atoms with van der Waals surface area (Å²) in [7, 11) is 0. The fraction of sp³-hybridized carbons (Fsp3) is 0.643. The molecular weight excluding hydrogens is 266 g/mol. The van der Waals surface area contributed by atoms with Crippen molar-refractivity contribution in [1.82, 2.24) is 5.32 Å². The predicted molar refractivity (Wildman–Crippen MR) is 77.8 cm³/mol. The number of amides is 1. The van der Waals surface area contributed by atoms with E-state index < -0.39 is 0 Å². The molecule has 0 radical (unpaired) electrons. The fourth-order valence-corrected chi connectivity index (χ4v) is 3.40. The van der Waals surface area contributed by atoms with E-state index in [0.717, 1.165) is 17.7 Å². The molecule has 1 aromatic rings. The van der Waals surface area contributed by atoms with Crippen molar-refractivity contribution in [3.63, 3.8) is 0 Å². The molecular formula is C14H20ClNOS. The summed E-state index contributed by atoms with van der Waals surface area (Å²) in [5, 5.41) is 2.99. The lowest BCUT2D eigenvalue weighted by Gasteiger charge is -2.22. The van der Waals surface area contributed by atoms with Gasteiger partial charge in [-0.05, 0) is 51.2 Å². The van der Waals surface area contributed by atoms with E-state index >= 15 is 0 Å². The van der Waals surface area contributed by atoms with E-state index in [1.807, 2.05) is 13.8 Å². The first kappa shape index (κ1) is 13.9. The molecule has 100 valence electrons. The minimum atomic E-state index is -0.347. The Morgan fingerprint density at radius 3 is 2.83 bits per heavy atom. The smallest absolute Gasteiger partial charge is 0.261 e. The summed E-state index contributed by atoms with van der Waals surface area (Å²) in [4.78, 5) is 14.4. The Hall–Kier alpha value is -0.540. The van der Waals surface area contributed by atoms with E-state index in [1.54, 1.807) is 11.3 Å². The zero-order valence-electron chi connectivity index (χ0n) is 11.0. The third kappa shape index (κ3) is 3.27. The molecule has 0 aliphatic heterocycles. The van der Waals surface area contributed by atoms with Gasteiger partial charge >= 0.3 is 0 Å². The molecule has 0 saturated carbocycles. The van der Waals surface area contributed by atoms with Crippen LogP contribution in [0.15, 0.2) is 6.07 Å². The van der Waals surface area contributed by atoms with Crippen LogP contribution in [-0.2, 0) is 12.8 Å². The highest BCUT2D eigenvalue weighted by Crippen LogP contribution is 2.29. The van der Waals surface area contributed by atoms with Gasteiger partial charge in [0.25, 0.3) is 5.91 Å². The molecule has 0 spiro atoms. The molecule has 0 fully saturated rings. The van der Waals surface area contributed by atoms with Gasteiger partial charge in [-0.25, -0.2) is 0 Å². The average molecular weight is 286 g/mol. The van der Waals surface area contributed by atoms with Crippen molar-refractivity contribution in [3.8, 4) is 0 Å². The van der Waals surface area contributed by atoms with Crippen molar-refractivity contribution in [1.29, 1.82) is 0 Å². The number of carbonyl (C=O) groups excluding carboxylic acids is 1. The largest absolute Gasteiger partial charge is 0.345 e. The van der Waals surface area contributed by atoms with E-state index in [2.05, 4.69) is 11.4 Å². The topological polar surface area (TPSA) is 29.1 Å². The number of fused-ring (bicyclic) bond motifs is 1. The molecule has 0 aromatic carbocycles. The first-order valence-corrected chi connectivity index (χ1v) is 7.87. The van der Waals surface area contributed by atoms with Crippen LogP contribution in [0.3, 0.4) is 0 Å². The zero-order chi connectivity index (χ0) is 13.2. The Bertz CT molecular complexity index is 416. The number of hydrogen-bond acceptors (Lipinski definition) is 2. The van der Waals surface area contributed by atoms with Gasteiger partial charge in [0, 0.05) is 16.3 Å². The first-order chi connectivity index (χ1) is 8.52. The van der Waals surface area contributed by atoms with Crippen LogP contribution >= 0.6 is 22.9 Å². The molecule has 0 saturated heterocycles. The van der Waals surface area contributed by atoms with Crippen molar-refractivity contribution in [2.45, 2.75) is 51.5 Å². The molecule has 1 N–H and O–H groups in total. The Morgan fingerprint density at radius 2 is 2.11 bits per heavy atom. The van der Waals surface area contributed by atoms with Crippen LogP contribution in [-0.4, -0.2) is 17.3 Å². The third-order valence-corrected chi connectivity index (χ3v) is 5.16. The second-order valence-electron chi connectivity index (χ2n) is 5.59. The van der Waals surface area contributed by atoms with Crippen molar-refractivity contribution in [2.75, 3.05) is 5.88 Å². The van der Waals surface area contributed by atoms with Gasteiger partial charge in [-0.3, -0.25) is 4.79 Å². The van der Waals surface area contributed by atoms with E-state index in [9.17, 15) is 4.79 Å². The van der Waals surface area contributed by atoms with Gasteiger partial charge < -0.3 is 5.32 Å². The highest BCUT2D eigenvalue weighted by Gasteiger charge is 2.22. The lowest BCUT2D eigenvalue weighted by molar-refractivity contribution is 0.0924. The molecule has 0 atom stereocenters. The van der Waals surface area contributed by atoms with Gasteiger partial charge in [0.2, 0.25) is 0 Å². The lowest BCUT2D eigenvalue weighted by Crippen LogP contribution is -2.44. The van der Waals surface area contributed by atoms with Crippen molar-refractivity contribution >= 4 is 28.8 Å². The Labute approximate surface area is 118 Å². The summed E-state index contributed by atoms with van der Waals surface area (Å²) in [6.07, 6.45) is 6.06. The van der Waals surface area contributed by atoms with Crippen molar-refractivity contribution in [3.05, 3.63) is 21.4 Å². The molecule has 2 nitrogen and oxygen atoms in total. The SMILES string of the molecule is CC(C)(CCl)NC(=O)c1cc2c(s1)CCCCC2. The molecule has 4 heteroatoms. The monoisotopic (exact) mass is 285 g/mol. The zero-order valence-corrected chi connectivity index (χ0v) is 12.6. The summed E-state index contributed by atoms with van der Waals surface area (Å²) >= 11 is 7.49. The predicted octanol–water partition coefficient (Wildman–Crippen LogP) is 3.76. The van der Waals surface area contributed by atoms with Crippen LogP contribution in [0.1, 0.15) is 53.2 Å². The summed E-state index contributed by atoms with van der Waals surface area (Å²) < 4.78 is 0.